The molecule has 0 nitrogen and oxygen atoms in total. The van der Waals surface area contributed by atoms with Crippen LogP contribution >= 0.6 is 58.2 Å². The van der Waals surface area contributed by atoms with Crippen LogP contribution in [0.25, 0.3) is 0 Å². The Morgan fingerprint density at radius 1 is 0.750 bits per heavy atom. The average Bonchev–Trinajstić information content (AvgIpc) is 1.61. The Labute approximate surface area is 69.5 Å². The third-order valence-corrected chi connectivity index (χ3v) is 1.97. The molecule has 0 aliphatic rings. The number of hydrogen-bond acceptors (Lipinski definition) is 0. The van der Waals surface area contributed by atoms with E-state index in [1.165, 1.54) is 0 Å². The topological polar surface area (TPSA) is 0 Å². The Morgan fingerprint density at radius 2 is 1.00 bits per heavy atom. The van der Waals surface area contributed by atoms with E-state index in [1.54, 1.807) is 0 Å². The Balaban J connectivity index is 3.50. The summed E-state index contributed by atoms with van der Waals surface area (Å²) in [7, 11) is 0. The van der Waals surface area contributed by atoms with Crippen molar-refractivity contribution in [3.8, 4) is 11.3 Å². The van der Waals surface area contributed by atoms with Crippen LogP contribution in [0.15, 0.2) is 0 Å². The molecule has 46 valence electrons. The maximum Gasteiger partial charge on any atom is 0.162 e. The van der Waals surface area contributed by atoms with Crippen LogP contribution in [0.2, 0.25) is 0 Å². The van der Waals surface area contributed by atoms with Crippen LogP contribution in [0.4, 0.5) is 0 Å². The molecule has 0 amide bonds. The van der Waals surface area contributed by atoms with Crippen molar-refractivity contribution in [3.63, 3.8) is 0 Å². The lowest BCUT2D eigenvalue weighted by molar-refractivity contribution is 3.00. The summed E-state index contributed by atoms with van der Waals surface area (Å²) in [5, 5.41) is 0. The van der Waals surface area contributed by atoms with Crippen LogP contribution in [0.1, 0.15) is 0 Å². The summed E-state index contributed by atoms with van der Waals surface area (Å²) < 4.78 is 0. The molecule has 0 aromatic heterocycles. The number of hydrogen-bond donors (Lipinski definition) is 0. The standard InChI is InChI=1S/C2Cl4P2/c3-7(4)1-2-8(5)6. The molecule has 0 rings (SSSR count). The van der Waals surface area contributed by atoms with Gasteiger partial charge in [-0.3, -0.25) is 0 Å². The van der Waals surface area contributed by atoms with E-state index < -0.39 is 13.3 Å². The van der Waals surface area contributed by atoms with Crippen LogP contribution in [-0.2, 0) is 0 Å². The van der Waals surface area contributed by atoms with Gasteiger partial charge in [-0.15, -0.1) is 0 Å². The quantitative estimate of drug-likeness (QED) is 0.423. The van der Waals surface area contributed by atoms with Crippen molar-refractivity contribution in [2.24, 2.45) is 0 Å². The van der Waals surface area contributed by atoms with E-state index in [1.807, 2.05) is 0 Å². The lowest BCUT2D eigenvalue weighted by Gasteiger charge is -1.81. The Kier molecular flexibility index (Phi) is 6.43. The Bertz CT molecular complexity index is 98.9. The molecule has 0 saturated heterocycles. The Morgan fingerprint density at radius 3 is 1.12 bits per heavy atom. The molecule has 0 atom stereocenters. The zero-order valence-electron chi connectivity index (χ0n) is 3.41. The van der Waals surface area contributed by atoms with Gasteiger partial charge in [-0.2, -0.15) is 0 Å². The van der Waals surface area contributed by atoms with Crippen LogP contribution in [0, 0.1) is 11.3 Å². The van der Waals surface area contributed by atoms with E-state index in [4.69, 9.17) is 45.0 Å². The van der Waals surface area contributed by atoms with Gasteiger partial charge in [-0.25, -0.2) is 0 Å². The molecule has 0 spiro atoms. The smallest absolute Gasteiger partial charge is 0.0632 e. The van der Waals surface area contributed by atoms with Gasteiger partial charge < -0.3 is 0 Å². The van der Waals surface area contributed by atoms with Crippen LogP contribution in [0.3, 0.4) is 0 Å². The van der Waals surface area contributed by atoms with Gasteiger partial charge in [0.15, 0.2) is 13.3 Å². The summed E-state index contributed by atoms with van der Waals surface area (Å²) in [5.41, 5.74) is 4.91. The molecule has 0 fully saturated rings. The molecule has 8 heavy (non-hydrogen) atoms. The van der Waals surface area contributed by atoms with Gasteiger partial charge in [-0.05, 0) is 11.3 Å². The van der Waals surface area contributed by atoms with E-state index in [0.29, 0.717) is 0 Å². The van der Waals surface area contributed by atoms with Gasteiger partial charge in [0.25, 0.3) is 0 Å². The van der Waals surface area contributed by atoms with Gasteiger partial charge in [0.05, 0.1) is 0 Å². The second-order valence-electron chi connectivity index (χ2n) is 0.689. The highest BCUT2D eigenvalue weighted by atomic mass is 35.9. The molecule has 0 radical (unpaired) electrons. The summed E-state index contributed by atoms with van der Waals surface area (Å²) in [6.07, 6.45) is 0. The van der Waals surface area contributed by atoms with Gasteiger partial charge in [0.2, 0.25) is 0 Å². The van der Waals surface area contributed by atoms with Crippen molar-refractivity contribution in [1.82, 2.24) is 0 Å². The number of rotatable bonds is 0. The van der Waals surface area contributed by atoms with E-state index in [2.05, 4.69) is 11.3 Å². The SMILES string of the molecule is ClP(Cl)C#CP(Cl)Cl. The largest absolute Gasteiger partial charge is 0.162 e. The monoisotopic (exact) mass is 226 g/mol. The van der Waals surface area contributed by atoms with E-state index in [-0.39, 0.29) is 0 Å². The maximum absolute atomic E-state index is 5.27. The second-order valence-corrected chi connectivity index (χ2v) is 7.16. The van der Waals surface area contributed by atoms with Gasteiger partial charge in [0.1, 0.15) is 0 Å². The highest BCUT2D eigenvalue weighted by Gasteiger charge is 1.91. The molecule has 0 aromatic rings. The summed E-state index contributed by atoms with van der Waals surface area (Å²) in [5.74, 6) is 0. The summed E-state index contributed by atoms with van der Waals surface area (Å²) in [6, 6.07) is 0. The summed E-state index contributed by atoms with van der Waals surface area (Å²) >= 11 is 21.1. The average molecular weight is 228 g/mol. The first-order chi connectivity index (χ1) is 3.63. The molecule has 0 heterocycles. The third-order valence-electron chi connectivity index (χ3n) is 0.219. The van der Waals surface area contributed by atoms with Crippen molar-refractivity contribution < 1.29 is 0 Å². The van der Waals surface area contributed by atoms with E-state index in [9.17, 15) is 0 Å². The second kappa shape index (κ2) is 5.37. The van der Waals surface area contributed by atoms with E-state index >= 15 is 0 Å². The minimum atomic E-state index is -1.20. The van der Waals surface area contributed by atoms with Crippen molar-refractivity contribution in [2.45, 2.75) is 0 Å². The van der Waals surface area contributed by atoms with Gasteiger partial charge in [-0.1, -0.05) is 45.0 Å². The first-order valence-electron chi connectivity index (χ1n) is 1.37. The van der Waals surface area contributed by atoms with Crippen molar-refractivity contribution in [1.29, 1.82) is 0 Å². The first-order valence-corrected chi connectivity index (χ1v) is 7.68. The summed E-state index contributed by atoms with van der Waals surface area (Å²) in [4.78, 5) is 0. The van der Waals surface area contributed by atoms with Crippen LogP contribution in [0.5, 0.6) is 0 Å². The Hall–Kier alpha value is 1.58. The fourth-order valence-electron chi connectivity index (χ4n) is 0.0756. The highest BCUT2D eigenvalue weighted by molar-refractivity contribution is 8.09. The predicted octanol–water partition coefficient (Wildman–Crippen LogP) is 4.48. The van der Waals surface area contributed by atoms with Crippen molar-refractivity contribution >= 4 is 58.2 Å². The summed E-state index contributed by atoms with van der Waals surface area (Å²) in [6.45, 7) is -2.40. The molecule has 0 aromatic carbocycles. The van der Waals surface area contributed by atoms with Crippen LogP contribution in [-0.4, -0.2) is 0 Å². The van der Waals surface area contributed by atoms with E-state index in [0.717, 1.165) is 0 Å². The molecular formula is C2Cl4P2. The lowest BCUT2D eigenvalue weighted by Crippen LogP contribution is -1.37. The lowest BCUT2D eigenvalue weighted by atomic mass is 11.4. The molecule has 6 heteroatoms. The van der Waals surface area contributed by atoms with Crippen molar-refractivity contribution in [3.05, 3.63) is 0 Å². The predicted molar refractivity (Wildman–Crippen MR) is 45.0 cm³/mol. The van der Waals surface area contributed by atoms with Gasteiger partial charge >= 0.3 is 0 Å². The maximum atomic E-state index is 5.27. The van der Waals surface area contributed by atoms with Crippen LogP contribution < -0.4 is 0 Å². The molecule has 0 aliphatic heterocycles. The highest BCUT2D eigenvalue weighted by Crippen LogP contribution is 2.50. The molecule has 0 aliphatic carbocycles. The molecular weight excluding hydrogens is 228 g/mol. The fraction of sp³-hybridized carbons (Fsp3) is 0. The van der Waals surface area contributed by atoms with Gasteiger partial charge in [0, 0.05) is 0 Å². The zero-order valence-corrected chi connectivity index (χ0v) is 8.22. The minimum Gasteiger partial charge on any atom is -0.0632 e. The molecule has 0 unspecified atom stereocenters. The van der Waals surface area contributed by atoms with Crippen molar-refractivity contribution in [2.75, 3.05) is 0 Å². The normalized spacial score (nSPS) is 9.25. The molecule has 0 saturated carbocycles. The number of halogens is 4. The minimum absolute atomic E-state index is 1.20. The molecule has 0 bridgehead atoms. The third kappa shape index (κ3) is 7.58. The zero-order chi connectivity index (χ0) is 6.57. The first kappa shape index (κ1) is 9.58. The fourth-order valence-corrected chi connectivity index (χ4v) is 2.04. The molecule has 0 N–H and O–H groups in total.